The topological polar surface area (TPSA) is 92.8 Å². The van der Waals surface area contributed by atoms with E-state index >= 15 is 0 Å². The van der Waals surface area contributed by atoms with Crippen molar-refractivity contribution in [3.05, 3.63) is 29.1 Å². The summed E-state index contributed by atoms with van der Waals surface area (Å²) in [7, 11) is -1.08. The Bertz CT molecular complexity index is 468. The monoisotopic (exact) mass is 239 g/mol. The first kappa shape index (κ1) is 12.0. The van der Waals surface area contributed by atoms with Crippen LogP contribution in [0, 0.1) is 5.82 Å². The molecule has 0 spiro atoms. The first-order valence-corrected chi connectivity index (χ1v) is 5.08. The quantitative estimate of drug-likeness (QED) is 0.588. The molecule has 7 heteroatoms. The third-order valence-electron chi connectivity index (χ3n) is 2.73. The number of halogens is 1. The van der Waals surface area contributed by atoms with E-state index in [0.29, 0.717) is 11.0 Å². The van der Waals surface area contributed by atoms with Crippen LogP contribution in [0.25, 0.3) is 0 Å². The molecule has 2 rings (SSSR count). The van der Waals surface area contributed by atoms with Gasteiger partial charge in [-0.05, 0) is 22.7 Å². The van der Waals surface area contributed by atoms with Gasteiger partial charge in [0.2, 0.25) is 0 Å². The zero-order chi connectivity index (χ0) is 12.6. The number of hydrogen-bond acceptors (Lipinski definition) is 4. The van der Waals surface area contributed by atoms with E-state index in [0.717, 1.165) is 0 Å². The number of carboxylic acid groups (broad SMARTS) is 1. The predicted molar refractivity (Wildman–Crippen MR) is 58.1 cm³/mol. The van der Waals surface area contributed by atoms with Crippen molar-refractivity contribution in [1.29, 1.82) is 0 Å². The Balaban J connectivity index is 2.29. The number of benzene rings is 1. The van der Waals surface area contributed by atoms with Crippen molar-refractivity contribution in [1.82, 2.24) is 0 Å². The smallest absolute Gasteiger partial charge is 0.480 e. The first-order valence-electron chi connectivity index (χ1n) is 5.08. The van der Waals surface area contributed by atoms with Crippen molar-refractivity contribution in [2.45, 2.75) is 19.1 Å². The molecule has 1 aliphatic heterocycles. The van der Waals surface area contributed by atoms with E-state index in [4.69, 9.17) is 15.5 Å². The van der Waals surface area contributed by atoms with E-state index in [2.05, 4.69) is 0 Å². The molecule has 0 aromatic heterocycles. The van der Waals surface area contributed by atoms with Gasteiger partial charge in [0.1, 0.15) is 11.9 Å². The summed E-state index contributed by atoms with van der Waals surface area (Å²) in [5.74, 6) is -1.72. The SMILES string of the molecule is N[C@@H](Cc1cc2c(cc1F)COB2O)C(=O)O. The lowest BCUT2D eigenvalue weighted by atomic mass is 9.78. The average Bonchev–Trinajstić information content (AvgIpc) is 2.60. The minimum atomic E-state index is -1.19. The number of hydrogen-bond donors (Lipinski definition) is 3. The van der Waals surface area contributed by atoms with E-state index in [-0.39, 0.29) is 18.6 Å². The summed E-state index contributed by atoms with van der Waals surface area (Å²) in [6, 6.07) is 1.49. The second-order valence-electron chi connectivity index (χ2n) is 3.95. The standard InChI is InChI=1S/C10H11BFNO4/c12-8-2-6-4-17-11(16)7(6)1-5(8)3-9(13)10(14)15/h1-2,9,16H,3-4,13H2,(H,14,15)/t9-/m0/s1. The number of carboxylic acids is 1. The van der Waals surface area contributed by atoms with Crippen molar-refractivity contribution in [2.24, 2.45) is 5.73 Å². The minimum Gasteiger partial charge on any atom is -0.480 e. The Kier molecular flexibility index (Phi) is 3.14. The molecule has 4 N–H and O–H groups in total. The van der Waals surface area contributed by atoms with Crippen LogP contribution in [-0.4, -0.2) is 29.3 Å². The molecule has 0 fully saturated rings. The third-order valence-corrected chi connectivity index (χ3v) is 2.73. The zero-order valence-electron chi connectivity index (χ0n) is 8.89. The summed E-state index contributed by atoms with van der Waals surface area (Å²) in [6.07, 6.45) is -0.124. The van der Waals surface area contributed by atoms with E-state index in [1.54, 1.807) is 0 Å². The third kappa shape index (κ3) is 2.31. The van der Waals surface area contributed by atoms with Crippen molar-refractivity contribution in [3.63, 3.8) is 0 Å². The predicted octanol–water partition coefficient (Wildman–Crippen LogP) is -1.00. The van der Waals surface area contributed by atoms with Crippen molar-refractivity contribution in [2.75, 3.05) is 0 Å². The molecule has 1 heterocycles. The van der Waals surface area contributed by atoms with E-state index in [9.17, 15) is 14.2 Å². The van der Waals surface area contributed by atoms with Gasteiger partial charge >= 0.3 is 13.1 Å². The molecule has 0 aliphatic carbocycles. The molecule has 0 unspecified atom stereocenters. The highest BCUT2D eigenvalue weighted by Crippen LogP contribution is 2.16. The van der Waals surface area contributed by atoms with Crippen molar-refractivity contribution >= 4 is 18.6 Å². The van der Waals surface area contributed by atoms with Gasteiger partial charge in [0.25, 0.3) is 0 Å². The van der Waals surface area contributed by atoms with Gasteiger partial charge < -0.3 is 20.5 Å². The highest BCUT2D eigenvalue weighted by atomic mass is 19.1. The Morgan fingerprint density at radius 3 is 3.00 bits per heavy atom. The molecule has 0 amide bonds. The van der Waals surface area contributed by atoms with Crippen LogP contribution < -0.4 is 11.2 Å². The normalized spacial score (nSPS) is 15.8. The van der Waals surface area contributed by atoms with E-state index in [1.165, 1.54) is 12.1 Å². The summed E-state index contributed by atoms with van der Waals surface area (Å²) >= 11 is 0. The van der Waals surface area contributed by atoms with E-state index in [1.807, 2.05) is 0 Å². The van der Waals surface area contributed by atoms with Gasteiger partial charge in [-0.2, -0.15) is 0 Å². The lowest BCUT2D eigenvalue weighted by Gasteiger charge is -2.09. The maximum Gasteiger partial charge on any atom is 0.491 e. The van der Waals surface area contributed by atoms with Gasteiger partial charge in [-0.3, -0.25) is 4.79 Å². The van der Waals surface area contributed by atoms with Crippen LogP contribution >= 0.6 is 0 Å². The van der Waals surface area contributed by atoms with Crippen LogP contribution in [0.2, 0.25) is 0 Å². The molecular formula is C10H11BFNO4. The van der Waals surface area contributed by atoms with Crippen LogP contribution in [-0.2, 0) is 22.5 Å². The largest absolute Gasteiger partial charge is 0.491 e. The number of rotatable bonds is 3. The lowest BCUT2D eigenvalue weighted by Crippen LogP contribution is -2.34. The second-order valence-corrected chi connectivity index (χ2v) is 3.95. The van der Waals surface area contributed by atoms with Crippen molar-refractivity contribution < 1.29 is 24.0 Å². The number of nitrogens with two attached hydrogens (primary N) is 1. The maximum absolute atomic E-state index is 13.6. The fourth-order valence-electron chi connectivity index (χ4n) is 1.77. The molecule has 1 aliphatic rings. The molecule has 90 valence electrons. The highest BCUT2D eigenvalue weighted by molar-refractivity contribution is 6.61. The fraction of sp³-hybridized carbons (Fsp3) is 0.300. The molecule has 1 aromatic rings. The Labute approximate surface area is 97.1 Å². The van der Waals surface area contributed by atoms with E-state index < -0.39 is 24.9 Å². The minimum absolute atomic E-state index is 0.124. The van der Waals surface area contributed by atoms with Crippen LogP contribution in [0.4, 0.5) is 4.39 Å². The number of carbonyl (C=O) groups is 1. The molecule has 5 nitrogen and oxygen atoms in total. The molecule has 0 saturated carbocycles. The molecule has 0 bridgehead atoms. The Hall–Kier alpha value is -1.44. The number of fused-ring (bicyclic) bond motifs is 1. The van der Waals surface area contributed by atoms with Gasteiger partial charge in [-0.1, -0.05) is 6.07 Å². The van der Waals surface area contributed by atoms with Gasteiger partial charge in [-0.25, -0.2) is 4.39 Å². The van der Waals surface area contributed by atoms with Gasteiger partial charge in [0, 0.05) is 6.42 Å². The average molecular weight is 239 g/mol. The fourth-order valence-corrected chi connectivity index (χ4v) is 1.77. The molecular weight excluding hydrogens is 228 g/mol. The summed E-state index contributed by atoms with van der Waals surface area (Å²) in [5, 5.41) is 18.1. The lowest BCUT2D eigenvalue weighted by molar-refractivity contribution is -0.138. The number of aliphatic carboxylic acids is 1. The van der Waals surface area contributed by atoms with Gasteiger partial charge in [0.05, 0.1) is 6.61 Å². The molecule has 0 radical (unpaired) electrons. The summed E-state index contributed by atoms with van der Waals surface area (Å²) in [6.45, 7) is 0.151. The van der Waals surface area contributed by atoms with Gasteiger partial charge in [0.15, 0.2) is 0 Å². The summed E-state index contributed by atoms with van der Waals surface area (Å²) in [5.41, 5.74) is 6.55. The first-order chi connectivity index (χ1) is 7.99. The maximum atomic E-state index is 13.6. The van der Waals surface area contributed by atoms with Crippen molar-refractivity contribution in [3.8, 4) is 0 Å². The zero-order valence-corrected chi connectivity index (χ0v) is 8.89. The van der Waals surface area contributed by atoms with Crippen LogP contribution in [0.15, 0.2) is 12.1 Å². The second kappa shape index (κ2) is 4.44. The summed E-state index contributed by atoms with van der Waals surface area (Å²) < 4.78 is 18.5. The van der Waals surface area contributed by atoms with Crippen LogP contribution in [0.3, 0.4) is 0 Å². The Morgan fingerprint density at radius 1 is 1.65 bits per heavy atom. The Morgan fingerprint density at radius 2 is 2.35 bits per heavy atom. The highest BCUT2D eigenvalue weighted by Gasteiger charge is 2.29. The summed E-state index contributed by atoms with van der Waals surface area (Å²) in [4.78, 5) is 10.6. The molecule has 0 saturated heterocycles. The van der Waals surface area contributed by atoms with Gasteiger partial charge in [-0.15, -0.1) is 0 Å². The molecule has 1 atom stereocenters. The molecule has 17 heavy (non-hydrogen) atoms. The van der Waals surface area contributed by atoms with Crippen LogP contribution in [0.5, 0.6) is 0 Å². The molecule has 1 aromatic carbocycles. The van der Waals surface area contributed by atoms with Crippen LogP contribution in [0.1, 0.15) is 11.1 Å².